The first-order valence-electron chi connectivity index (χ1n) is 8.01. The summed E-state index contributed by atoms with van der Waals surface area (Å²) >= 11 is 0. The molecule has 5 heteroatoms. The summed E-state index contributed by atoms with van der Waals surface area (Å²) in [6.45, 7) is 2.08. The third-order valence-corrected chi connectivity index (χ3v) is 4.07. The number of amides is 1. The van der Waals surface area contributed by atoms with Crippen LogP contribution in [0.25, 0.3) is 0 Å². The predicted octanol–water partition coefficient (Wildman–Crippen LogP) is 4.48. The Hall–Kier alpha value is -2.69. The highest BCUT2D eigenvalue weighted by Gasteiger charge is 2.31. The number of nitrogens with one attached hydrogen (secondary N) is 1. The zero-order valence-corrected chi connectivity index (χ0v) is 13.3. The quantitative estimate of drug-likeness (QED) is 0.824. The molecule has 0 aliphatic carbocycles. The third kappa shape index (κ3) is 3.15. The van der Waals surface area contributed by atoms with Crippen molar-refractivity contribution in [1.29, 1.82) is 0 Å². The number of cyclic esters (lactones) is 1. The molecule has 124 valence electrons. The van der Waals surface area contributed by atoms with Crippen LogP contribution in [-0.2, 0) is 4.74 Å². The summed E-state index contributed by atoms with van der Waals surface area (Å²) < 4.78 is 19.0. The van der Waals surface area contributed by atoms with Crippen LogP contribution in [-0.4, -0.2) is 11.9 Å². The number of para-hydroxylation sites is 1. The van der Waals surface area contributed by atoms with Gasteiger partial charge in [-0.3, -0.25) is 4.79 Å². The van der Waals surface area contributed by atoms with Gasteiger partial charge in [-0.1, -0.05) is 31.5 Å². The first kappa shape index (κ1) is 16.2. The minimum atomic E-state index is -0.508. The summed E-state index contributed by atoms with van der Waals surface area (Å²) in [6.07, 6.45) is 2.52. The minimum absolute atomic E-state index is 0.103. The number of fused-ring (bicyclic) bond motifs is 1. The van der Waals surface area contributed by atoms with E-state index >= 15 is 0 Å². The van der Waals surface area contributed by atoms with Gasteiger partial charge in [0.1, 0.15) is 11.9 Å². The van der Waals surface area contributed by atoms with Crippen molar-refractivity contribution in [3.8, 4) is 0 Å². The van der Waals surface area contributed by atoms with Crippen molar-refractivity contribution in [1.82, 2.24) is 0 Å². The van der Waals surface area contributed by atoms with Crippen LogP contribution in [0.4, 0.5) is 10.1 Å². The Balaban J connectivity index is 1.81. The van der Waals surface area contributed by atoms with Crippen molar-refractivity contribution in [2.75, 3.05) is 5.32 Å². The summed E-state index contributed by atoms with van der Waals surface area (Å²) in [5.74, 6) is -1.38. The van der Waals surface area contributed by atoms with Gasteiger partial charge < -0.3 is 10.1 Å². The molecule has 0 radical (unpaired) electrons. The van der Waals surface area contributed by atoms with Gasteiger partial charge >= 0.3 is 5.97 Å². The van der Waals surface area contributed by atoms with Crippen LogP contribution in [0.2, 0.25) is 0 Å². The number of esters is 1. The normalized spacial score (nSPS) is 15.8. The molecule has 4 nitrogen and oxygen atoms in total. The largest absolute Gasteiger partial charge is 0.454 e. The maximum atomic E-state index is 13.6. The summed E-state index contributed by atoms with van der Waals surface area (Å²) in [6, 6.07) is 10.8. The Kier molecular flexibility index (Phi) is 4.60. The molecule has 2 aromatic rings. The van der Waals surface area contributed by atoms with Gasteiger partial charge in [-0.2, -0.15) is 0 Å². The monoisotopic (exact) mass is 327 g/mol. The second-order valence-corrected chi connectivity index (χ2v) is 5.77. The van der Waals surface area contributed by atoms with Gasteiger partial charge in [0.05, 0.1) is 11.3 Å². The SMILES string of the molecule is CCCCC1OC(=O)c2cc(C(=O)Nc3ccccc3F)ccc21. The number of hydrogen-bond acceptors (Lipinski definition) is 3. The van der Waals surface area contributed by atoms with Crippen molar-refractivity contribution < 1.29 is 18.7 Å². The van der Waals surface area contributed by atoms with E-state index in [2.05, 4.69) is 12.2 Å². The van der Waals surface area contributed by atoms with Crippen LogP contribution in [0.1, 0.15) is 58.6 Å². The second-order valence-electron chi connectivity index (χ2n) is 5.77. The molecule has 1 amide bonds. The van der Waals surface area contributed by atoms with E-state index in [9.17, 15) is 14.0 Å². The van der Waals surface area contributed by atoms with Gasteiger partial charge in [0, 0.05) is 11.1 Å². The molecule has 0 spiro atoms. The molecule has 1 aliphatic heterocycles. The Labute approximate surface area is 139 Å². The highest BCUT2D eigenvalue weighted by atomic mass is 19.1. The van der Waals surface area contributed by atoms with Gasteiger partial charge in [-0.25, -0.2) is 9.18 Å². The molecule has 0 saturated carbocycles. The van der Waals surface area contributed by atoms with Gasteiger partial charge in [0.15, 0.2) is 0 Å². The topological polar surface area (TPSA) is 55.4 Å². The smallest absolute Gasteiger partial charge is 0.339 e. The standard InChI is InChI=1S/C19H18FNO3/c1-2-3-8-17-13-10-9-12(11-14(13)19(23)24-17)18(22)21-16-7-5-4-6-15(16)20/h4-7,9-11,17H,2-3,8H2,1H3,(H,21,22). The fourth-order valence-corrected chi connectivity index (χ4v) is 2.77. The fraction of sp³-hybridized carbons (Fsp3) is 0.263. The van der Waals surface area contributed by atoms with Crippen LogP contribution >= 0.6 is 0 Å². The van der Waals surface area contributed by atoms with E-state index in [0.717, 1.165) is 24.8 Å². The summed E-state index contributed by atoms with van der Waals surface area (Å²) in [7, 11) is 0. The predicted molar refractivity (Wildman–Crippen MR) is 88.5 cm³/mol. The zero-order valence-electron chi connectivity index (χ0n) is 13.3. The molecule has 1 N–H and O–H groups in total. The number of unbranched alkanes of at least 4 members (excludes halogenated alkanes) is 1. The fourth-order valence-electron chi connectivity index (χ4n) is 2.77. The van der Waals surface area contributed by atoms with Crippen molar-refractivity contribution in [3.05, 3.63) is 65.0 Å². The summed E-state index contributed by atoms with van der Waals surface area (Å²) in [5, 5.41) is 2.51. The third-order valence-electron chi connectivity index (χ3n) is 4.07. The van der Waals surface area contributed by atoms with Gasteiger partial charge in [0.25, 0.3) is 5.91 Å². The Morgan fingerprint density at radius 3 is 2.79 bits per heavy atom. The average molecular weight is 327 g/mol. The van der Waals surface area contributed by atoms with Gasteiger partial charge in [-0.05, 0) is 37.1 Å². The molecule has 0 fully saturated rings. The molecular weight excluding hydrogens is 309 g/mol. The van der Waals surface area contributed by atoms with Crippen LogP contribution in [0.15, 0.2) is 42.5 Å². The second kappa shape index (κ2) is 6.83. The van der Waals surface area contributed by atoms with Crippen LogP contribution < -0.4 is 5.32 Å². The lowest BCUT2D eigenvalue weighted by atomic mass is 9.99. The lowest BCUT2D eigenvalue weighted by molar-refractivity contribution is 0.0364. The van der Waals surface area contributed by atoms with Crippen molar-refractivity contribution in [2.24, 2.45) is 0 Å². The van der Waals surface area contributed by atoms with E-state index in [1.54, 1.807) is 24.3 Å². The molecule has 0 bridgehead atoms. The highest BCUT2D eigenvalue weighted by molar-refractivity contribution is 6.06. The number of hydrogen-bond donors (Lipinski definition) is 1. The van der Waals surface area contributed by atoms with Gasteiger partial charge in [-0.15, -0.1) is 0 Å². The number of carbonyl (C=O) groups is 2. The maximum absolute atomic E-state index is 13.6. The molecule has 2 aromatic carbocycles. The maximum Gasteiger partial charge on any atom is 0.339 e. The summed E-state index contributed by atoms with van der Waals surface area (Å²) in [5.41, 5.74) is 1.63. The summed E-state index contributed by atoms with van der Waals surface area (Å²) in [4.78, 5) is 24.3. The van der Waals surface area contributed by atoms with Crippen LogP contribution in [0.5, 0.6) is 0 Å². The van der Waals surface area contributed by atoms with Crippen LogP contribution in [0, 0.1) is 5.82 Å². The average Bonchev–Trinajstić information content (AvgIpc) is 2.90. The molecule has 1 aliphatic rings. The molecule has 1 atom stereocenters. The molecule has 1 heterocycles. The lowest BCUT2D eigenvalue weighted by Crippen LogP contribution is -2.13. The molecule has 1 unspecified atom stereocenters. The number of ether oxygens (including phenoxy) is 1. The van der Waals surface area contributed by atoms with Crippen molar-refractivity contribution in [3.63, 3.8) is 0 Å². The Bertz CT molecular complexity index is 788. The molecule has 0 saturated heterocycles. The molecular formula is C19H18FNO3. The number of rotatable bonds is 5. The van der Waals surface area contributed by atoms with E-state index in [-0.39, 0.29) is 11.8 Å². The molecule has 0 aromatic heterocycles. The van der Waals surface area contributed by atoms with E-state index < -0.39 is 17.7 Å². The zero-order chi connectivity index (χ0) is 17.1. The van der Waals surface area contributed by atoms with Gasteiger partial charge in [0.2, 0.25) is 0 Å². The van der Waals surface area contributed by atoms with Crippen molar-refractivity contribution in [2.45, 2.75) is 32.3 Å². The number of carbonyl (C=O) groups excluding carboxylic acids is 2. The highest BCUT2D eigenvalue weighted by Crippen LogP contribution is 2.34. The van der Waals surface area contributed by atoms with E-state index in [0.29, 0.717) is 11.1 Å². The van der Waals surface area contributed by atoms with Crippen LogP contribution in [0.3, 0.4) is 0 Å². The Morgan fingerprint density at radius 1 is 1.25 bits per heavy atom. The first-order valence-corrected chi connectivity index (χ1v) is 8.01. The number of halogens is 1. The Morgan fingerprint density at radius 2 is 2.04 bits per heavy atom. The number of benzene rings is 2. The minimum Gasteiger partial charge on any atom is -0.454 e. The van der Waals surface area contributed by atoms with E-state index in [4.69, 9.17) is 4.74 Å². The van der Waals surface area contributed by atoms with Crippen molar-refractivity contribution >= 4 is 17.6 Å². The lowest BCUT2D eigenvalue weighted by Gasteiger charge is -2.10. The van der Waals surface area contributed by atoms with E-state index in [1.807, 2.05) is 0 Å². The van der Waals surface area contributed by atoms with E-state index in [1.165, 1.54) is 18.2 Å². The molecule has 3 rings (SSSR count). The molecule has 24 heavy (non-hydrogen) atoms. The number of anilines is 1. The first-order chi connectivity index (χ1) is 11.6.